The summed E-state index contributed by atoms with van der Waals surface area (Å²) in [6.45, 7) is 0.952. The van der Waals surface area contributed by atoms with Gasteiger partial charge in [-0.2, -0.15) is 13.2 Å². The maximum Gasteiger partial charge on any atom is 0.497 e. The number of nitrogens with one attached hydrogen (secondary N) is 1. The monoisotopic (exact) mass is 217 g/mol. The lowest BCUT2D eigenvalue weighted by Crippen LogP contribution is -2.30. The molecule has 0 aromatic carbocycles. The molecular weight excluding hydrogens is 207 g/mol. The van der Waals surface area contributed by atoms with Gasteiger partial charge in [-0.25, -0.2) is 8.42 Å². The van der Waals surface area contributed by atoms with Gasteiger partial charge in [-0.1, -0.05) is 0 Å². The first-order valence-electron chi connectivity index (χ1n) is 3.82. The first-order chi connectivity index (χ1) is 5.83. The summed E-state index contributed by atoms with van der Waals surface area (Å²) >= 11 is 0. The minimum Gasteiger partial charge on any atom is -0.316 e. The topological polar surface area (TPSA) is 46.2 Å². The molecule has 78 valence electrons. The molecule has 1 N–H and O–H groups in total. The lowest BCUT2D eigenvalue weighted by molar-refractivity contribution is -0.0438. The van der Waals surface area contributed by atoms with Crippen LogP contribution in [-0.4, -0.2) is 32.8 Å². The second-order valence-corrected chi connectivity index (χ2v) is 5.11. The van der Waals surface area contributed by atoms with E-state index >= 15 is 0 Å². The molecule has 0 aliphatic carbocycles. The van der Waals surface area contributed by atoms with Gasteiger partial charge in [0.15, 0.2) is 0 Å². The smallest absolute Gasteiger partial charge is 0.316 e. The molecule has 1 fully saturated rings. The number of rotatable bonds is 2. The molecule has 0 bridgehead atoms. The molecule has 3 nitrogen and oxygen atoms in total. The van der Waals surface area contributed by atoms with Crippen molar-refractivity contribution in [2.24, 2.45) is 5.92 Å². The number of hydrogen-bond donors (Lipinski definition) is 1. The molecular formula is C6H10F3NO2S. The number of sulfone groups is 1. The predicted octanol–water partition coefficient (Wildman–Crippen LogP) is 0.530. The van der Waals surface area contributed by atoms with Gasteiger partial charge in [-0.05, 0) is 25.4 Å². The summed E-state index contributed by atoms with van der Waals surface area (Å²) in [7, 11) is -4.92. The van der Waals surface area contributed by atoms with Gasteiger partial charge in [0.05, 0.1) is 5.75 Å². The summed E-state index contributed by atoms with van der Waals surface area (Å²) in [4.78, 5) is 0. The molecule has 1 aliphatic heterocycles. The van der Waals surface area contributed by atoms with Gasteiger partial charge in [0.25, 0.3) is 0 Å². The molecule has 1 heterocycles. The van der Waals surface area contributed by atoms with Gasteiger partial charge < -0.3 is 5.32 Å². The van der Waals surface area contributed by atoms with Crippen molar-refractivity contribution in [3.63, 3.8) is 0 Å². The molecule has 0 spiro atoms. The summed E-state index contributed by atoms with van der Waals surface area (Å²) in [5, 5.41) is 2.81. The van der Waals surface area contributed by atoms with E-state index in [-0.39, 0.29) is 0 Å². The van der Waals surface area contributed by atoms with Crippen molar-refractivity contribution >= 4 is 9.84 Å². The molecule has 0 saturated carbocycles. The third kappa shape index (κ3) is 2.57. The van der Waals surface area contributed by atoms with E-state index in [4.69, 9.17) is 0 Å². The Hall–Kier alpha value is -0.300. The third-order valence-corrected chi connectivity index (χ3v) is 3.59. The quantitative estimate of drug-likeness (QED) is 0.734. The van der Waals surface area contributed by atoms with Crippen LogP contribution in [0, 0.1) is 5.92 Å². The average molecular weight is 217 g/mol. The van der Waals surface area contributed by atoms with Gasteiger partial charge in [0, 0.05) is 0 Å². The second-order valence-electron chi connectivity index (χ2n) is 3.09. The van der Waals surface area contributed by atoms with E-state index in [1.807, 2.05) is 0 Å². The van der Waals surface area contributed by atoms with Crippen LogP contribution >= 0.6 is 0 Å². The second kappa shape index (κ2) is 3.45. The highest BCUT2D eigenvalue weighted by atomic mass is 32.2. The predicted molar refractivity (Wildman–Crippen MR) is 40.8 cm³/mol. The van der Waals surface area contributed by atoms with E-state index in [1.165, 1.54) is 0 Å². The molecule has 1 aliphatic rings. The van der Waals surface area contributed by atoms with Crippen LogP contribution in [0.2, 0.25) is 0 Å². The molecule has 1 saturated heterocycles. The van der Waals surface area contributed by atoms with Gasteiger partial charge in [-0.15, -0.1) is 0 Å². The van der Waals surface area contributed by atoms with Gasteiger partial charge >= 0.3 is 5.51 Å². The third-order valence-electron chi connectivity index (χ3n) is 1.97. The maximum atomic E-state index is 11.9. The first kappa shape index (κ1) is 10.8. The highest BCUT2D eigenvalue weighted by Crippen LogP contribution is 2.26. The summed E-state index contributed by atoms with van der Waals surface area (Å²) in [6.07, 6.45) is 0.495. The van der Waals surface area contributed by atoms with E-state index in [0.717, 1.165) is 0 Å². The molecule has 1 atom stereocenters. The van der Waals surface area contributed by atoms with Crippen molar-refractivity contribution in [2.45, 2.75) is 11.9 Å². The molecule has 0 amide bonds. The maximum absolute atomic E-state index is 11.9. The van der Waals surface area contributed by atoms with E-state index < -0.39 is 27.0 Å². The highest BCUT2D eigenvalue weighted by Gasteiger charge is 2.46. The zero-order valence-corrected chi connectivity index (χ0v) is 7.58. The largest absolute Gasteiger partial charge is 0.497 e. The van der Waals surface area contributed by atoms with E-state index in [1.54, 1.807) is 0 Å². The fraction of sp³-hybridized carbons (Fsp3) is 1.00. The fourth-order valence-corrected chi connectivity index (χ4v) is 2.36. The number of halogens is 3. The fourth-order valence-electron chi connectivity index (χ4n) is 1.26. The number of hydrogen-bond acceptors (Lipinski definition) is 3. The van der Waals surface area contributed by atoms with Crippen LogP contribution in [0.15, 0.2) is 0 Å². The van der Waals surface area contributed by atoms with Crippen molar-refractivity contribution in [1.82, 2.24) is 5.32 Å². The Morgan fingerprint density at radius 2 is 2.00 bits per heavy atom. The summed E-state index contributed by atoms with van der Waals surface area (Å²) in [5.41, 5.74) is -5.10. The molecule has 0 radical (unpaired) electrons. The van der Waals surface area contributed by atoms with E-state index in [0.29, 0.717) is 19.5 Å². The minimum absolute atomic E-state index is 0.356. The van der Waals surface area contributed by atoms with Gasteiger partial charge in [0.1, 0.15) is 0 Å². The molecule has 0 aromatic rings. The van der Waals surface area contributed by atoms with Crippen LogP contribution in [0.5, 0.6) is 0 Å². The standard InChI is InChI=1S/C6H10F3NO2S/c7-6(8,9)13(11,12)4-5-1-2-10-3-5/h5,10H,1-4H2. The van der Waals surface area contributed by atoms with Crippen molar-refractivity contribution in [3.05, 3.63) is 0 Å². The van der Waals surface area contributed by atoms with Gasteiger partial charge in [0.2, 0.25) is 9.84 Å². The lowest BCUT2D eigenvalue weighted by Gasteiger charge is -2.11. The zero-order chi connectivity index (χ0) is 10.1. The van der Waals surface area contributed by atoms with Crippen LogP contribution in [0.1, 0.15) is 6.42 Å². The minimum atomic E-state index is -5.10. The average Bonchev–Trinajstić information content (AvgIpc) is 2.35. The van der Waals surface area contributed by atoms with E-state index in [2.05, 4.69) is 5.32 Å². The van der Waals surface area contributed by atoms with E-state index in [9.17, 15) is 21.6 Å². The Morgan fingerprint density at radius 1 is 1.38 bits per heavy atom. The summed E-state index contributed by atoms with van der Waals surface area (Å²) in [5.74, 6) is -1.18. The van der Waals surface area contributed by atoms with Crippen molar-refractivity contribution in [2.75, 3.05) is 18.8 Å². The highest BCUT2D eigenvalue weighted by molar-refractivity contribution is 7.92. The zero-order valence-electron chi connectivity index (χ0n) is 6.76. The normalized spacial score (nSPS) is 25.0. The first-order valence-corrected chi connectivity index (χ1v) is 5.48. The lowest BCUT2D eigenvalue weighted by atomic mass is 10.2. The SMILES string of the molecule is O=S(=O)(CC1CCNC1)C(F)(F)F. The van der Waals surface area contributed by atoms with Crippen molar-refractivity contribution in [3.8, 4) is 0 Å². The van der Waals surface area contributed by atoms with Crippen LogP contribution < -0.4 is 5.32 Å². The molecule has 13 heavy (non-hydrogen) atoms. The summed E-state index contributed by atoms with van der Waals surface area (Å²) in [6, 6.07) is 0. The Morgan fingerprint density at radius 3 is 2.38 bits per heavy atom. The van der Waals surface area contributed by atoms with Gasteiger partial charge in [-0.3, -0.25) is 0 Å². The van der Waals surface area contributed by atoms with Crippen LogP contribution in [-0.2, 0) is 9.84 Å². The Kier molecular flexibility index (Phi) is 2.86. The number of alkyl halides is 3. The Labute approximate surface area is 74.2 Å². The molecule has 1 rings (SSSR count). The van der Waals surface area contributed by atoms with Crippen LogP contribution in [0.3, 0.4) is 0 Å². The molecule has 1 unspecified atom stereocenters. The summed E-state index contributed by atoms with van der Waals surface area (Å²) < 4.78 is 56.9. The Bertz CT molecular complexity index is 266. The molecule has 7 heteroatoms. The van der Waals surface area contributed by atoms with Crippen molar-refractivity contribution in [1.29, 1.82) is 0 Å². The van der Waals surface area contributed by atoms with Crippen LogP contribution in [0.4, 0.5) is 13.2 Å². The van der Waals surface area contributed by atoms with Crippen molar-refractivity contribution < 1.29 is 21.6 Å². The van der Waals surface area contributed by atoms with Crippen LogP contribution in [0.25, 0.3) is 0 Å². The molecule has 0 aromatic heterocycles. The Balaban J connectivity index is 2.62.